The van der Waals surface area contributed by atoms with Gasteiger partial charge in [-0.2, -0.15) is 5.10 Å². The first-order valence-electron chi connectivity index (χ1n) is 6.26. The summed E-state index contributed by atoms with van der Waals surface area (Å²) in [7, 11) is 0. The molecule has 2 rings (SSSR count). The van der Waals surface area contributed by atoms with E-state index in [1.807, 2.05) is 20.8 Å². The van der Waals surface area contributed by atoms with Crippen LogP contribution in [0.1, 0.15) is 48.8 Å². The number of hydrogen-bond acceptors (Lipinski definition) is 4. The van der Waals surface area contributed by atoms with Crippen LogP contribution in [-0.2, 0) is 13.0 Å². The Morgan fingerprint density at radius 3 is 2.61 bits per heavy atom. The van der Waals surface area contributed by atoms with Crippen LogP contribution < -0.4 is 5.32 Å². The van der Waals surface area contributed by atoms with Gasteiger partial charge in [-0.25, -0.2) is 9.97 Å². The molecule has 6 nitrogen and oxygen atoms in total. The zero-order valence-corrected chi connectivity index (χ0v) is 11.3. The molecule has 0 aliphatic carbocycles. The van der Waals surface area contributed by atoms with Gasteiger partial charge in [-0.05, 0) is 20.8 Å². The fraction of sp³-hybridized carbons (Fsp3) is 0.583. The number of rotatable bonds is 5. The topological polar surface area (TPSA) is 82.3 Å². The van der Waals surface area contributed by atoms with E-state index in [4.69, 9.17) is 0 Å². The summed E-state index contributed by atoms with van der Waals surface area (Å²) in [5.41, 5.74) is 2.18. The van der Waals surface area contributed by atoms with Crippen molar-refractivity contribution in [1.82, 2.24) is 30.5 Å². The number of hydrogen-bond donors (Lipinski definition) is 3. The molecular formula is C12H20N6. The van der Waals surface area contributed by atoms with Crippen LogP contribution in [0, 0.1) is 13.8 Å². The Morgan fingerprint density at radius 2 is 2.06 bits per heavy atom. The fourth-order valence-corrected chi connectivity index (χ4v) is 1.80. The first-order valence-corrected chi connectivity index (χ1v) is 6.26. The summed E-state index contributed by atoms with van der Waals surface area (Å²) in [6.07, 6.45) is 0.927. The maximum Gasteiger partial charge on any atom is 0.167 e. The number of aryl methyl sites for hydroxylation is 3. The van der Waals surface area contributed by atoms with Crippen LogP contribution in [0.15, 0.2) is 0 Å². The van der Waals surface area contributed by atoms with E-state index in [0.717, 1.165) is 41.8 Å². The zero-order valence-electron chi connectivity index (χ0n) is 11.3. The van der Waals surface area contributed by atoms with Crippen molar-refractivity contribution in [2.24, 2.45) is 0 Å². The van der Waals surface area contributed by atoms with Crippen molar-refractivity contribution in [2.75, 3.05) is 0 Å². The third kappa shape index (κ3) is 2.76. The molecule has 0 aliphatic heterocycles. The van der Waals surface area contributed by atoms with Gasteiger partial charge in [0, 0.05) is 18.7 Å². The van der Waals surface area contributed by atoms with Crippen LogP contribution in [0.3, 0.4) is 0 Å². The van der Waals surface area contributed by atoms with Crippen molar-refractivity contribution in [2.45, 2.75) is 46.7 Å². The average Bonchev–Trinajstić information content (AvgIpc) is 2.92. The minimum absolute atomic E-state index is 0.108. The molecule has 1 atom stereocenters. The number of imidazole rings is 1. The van der Waals surface area contributed by atoms with Crippen molar-refractivity contribution < 1.29 is 0 Å². The highest BCUT2D eigenvalue weighted by atomic mass is 15.2. The smallest absolute Gasteiger partial charge is 0.167 e. The van der Waals surface area contributed by atoms with Gasteiger partial charge in [-0.15, -0.1) is 0 Å². The Kier molecular flexibility index (Phi) is 3.76. The molecule has 0 radical (unpaired) electrons. The van der Waals surface area contributed by atoms with Gasteiger partial charge in [0.25, 0.3) is 0 Å². The maximum atomic E-state index is 4.53. The summed E-state index contributed by atoms with van der Waals surface area (Å²) in [6, 6.07) is 0.108. The predicted molar refractivity (Wildman–Crippen MR) is 69.1 cm³/mol. The standard InChI is InChI=1S/C12H20N6/c1-5-11-14-7(2)10(16-11)6-13-8(3)12-15-9(4)17-18-12/h8,13H,5-6H2,1-4H3,(H,14,16)(H,15,17,18). The number of nitrogens with zero attached hydrogens (tertiary/aromatic N) is 3. The summed E-state index contributed by atoms with van der Waals surface area (Å²) in [5, 5.41) is 10.4. The maximum absolute atomic E-state index is 4.53. The Morgan fingerprint density at radius 1 is 1.28 bits per heavy atom. The molecule has 2 heterocycles. The Balaban J connectivity index is 1.96. The highest BCUT2D eigenvalue weighted by molar-refractivity contribution is 5.13. The molecule has 0 aromatic carbocycles. The highest BCUT2D eigenvalue weighted by Gasteiger charge is 2.12. The molecule has 2 aromatic rings. The Hall–Kier alpha value is -1.69. The van der Waals surface area contributed by atoms with E-state index < -0.39 is 0 Å². The summed E-state index contributed by atoms with van der Waals surface area (Å²) < 4.78 is 0. The minimum atomic E-state index is 0.108. The molecule has 3 N–H and O–H groups in total. The monoisotopic (exact) mass is 248 g/mol. The van der Waals surface area contributed by atoms with Crippen LogP contribution >= 0.6 is 0 Å². The van der Waals surface area contributed by atoms with Crippen molar-refractivity contribution >= 4 is 0 Å². The first kappa shape index (κ1) is 12.8. The van der Waals surface area contributed by atoms with E-state index >= 15 is 0 Å². The summed E-state index contributed by atoms with van der Waals surface area (Å²) >= 11 is 0. The van der Waals surface area contributed by atoms with Crippen molar-refractivity contribution in [3.63, 3.8) is 0 Å². The molecule has 0 fully saturated rings. The second kappa shape index (κ2) is 5.30. The molecule has 0 bridgehead atoms. The van der Waals surface area contributed by atoms with Gasteiger partial charge in [-0.3, -0.25) is 5.10 Å². The van der Waals surface area contributed by atoms with Crippen LogP contribution in [0.2, 0.25) is 0 Å². The number of aromatic amines is 2. The third-order valence-electron chi connectivity index (χ3n) is 2.95. The van der Waals surface area contributed by atoms with Gasteiger partial charge in [-0.1, -0.05) is 6.92 Å². The van der Waals surface area contributed by atoms with Crippen LogP contribution in [-0.4, -0.2) is 25.1 Å². The van der Waals surface area contributed by atoms with Gasteiger partial charge in [0.2, 0.25) is 0 Å². The summed E-state index contributed by atoms with van der Waals surface area (Å²) in [4.78, 5) is 12.1. The van der Waals surface area contributed by atoms with Gasteiger partial charge in [0.1, 0.15) is 11.6 Å². The molecule has 0 saturated carbocycles. The van der Waals surface area contributed by atoms with Gasteiger partial charge >= 0.3 is 0 Å². The quantitative estimate of drug-likeness (QED) is 0.750. The first-order chi connectivity index (χ1) is 8.60. The lowest BCUT2D eigenvalue weighted by Crippen LogP contribution is -2.20. The average molecular weight is 248 g/mol. The molecule has 18 heavy (non-hydrogen) atoms. The third-order valence-corrected chi connectivity index (χ3v) is 2.95. The van der Waals surface area contributed by atoms with E-state index in [-0.39, 0.29) is 6.04 Å². The van der Waals surface area contributed by atoms with E-state index in [1.165, 1.54) is 0 Å². The molecular weight excluding hydrogens is 228 g/mol. The van der Waals surface area contributed by atoms with E-state index in [1.54, 1.807) is 0 Å². The largest absolute Gasteiger partial charge is 0.346 e. The van der Waals surface area contributed by atoms with Gasteiger partial charge in [0.15, 0.2) is 5.82 Å². The zero-order chi connectivity index (χ0) is 13.1. The minimum Gasteiger partial charge on any atom is -0.346 e. The normalized spacial score (nSPS) is 12.9. The number of nitrogens with one attached hydrogen (secondary N) is 3. The lowest BCUT2D eigenvalue weighted by Gasteiger charge is -2.09. The van der Waals surface area contributed by atoms with Crippen molar-refractivity contribution in [3.8, 4) is 0 Å². The number of aromatic nitrogens is 5. The molecule has 0 spiro atoms. The van der Waals surface area contributed by atoms with E-state index in [2.05, 4.69) is 37.4 Å². The van der Waals surface area contributed by atoms with Gasteiger partial charge < -0.3 is 10.3 Å². The van der Waals surface area contributed by atoms with Crippen LogP contribution in [0.25, 0.3) is 0 Å². The number of H-pyrrole nitrogens is 2. The molecule has 2 aromatic heterocycles. The predicted octanol–water partition coefficient (Wildman–Crippen LogP) is 1.56. The fourth-order valence-electron chi connectivity index (χ4n) is 1.80. The lowest BCUT2D eigenvalue weighted by atomic mass is 10.3. The molecule has 0 aliphatic rings. The summed E-state index contributed by atoms with van der Waals surface area (Å²) in [5.74, 6) is 2.66. The lowest BCUT2D eigenvalue weighted by molar-refractivity contribution is 0.541. The highest BCUT2D eigenvalue weighted by Crippen LogP contribution is 2.10. The van der Waals surface area contributed by atoms with Crippen LogP contribution in [0.4, 0.5) is 0 Å². The molecule has 0 amide bonds. The van der Waals surface area contributed by atoms with Crippen LogP contribution in [0.5, 0.6) is 0 Å². The molecule has 0 saturated heterocycles. The summed E-state index contributed by atoms with van der Waals surface area (Å²) in [6.45, 7) is 8.80. The van der Waals surface area contributed by atoms with E-state index in [9.17, 15) is 0 Å². The molecule has 98 valence electrons. The second-order valence-electron chi connectivity index (χ2n) is 4.49. The molecule has 6 heteroatoms. The molecule has 1 unspecified atom stereocenters. The Labute approximate surface area is 107 Å². The Bertz CT molecular complexity index is 512. The van der Waals surface area contributed by atoms with Gasteiger partial charge in [0.05, 0.1) is 11.7 Å². The van der Waals surface area contributed by atoms with Crippen molar-refractivity contribution in [3.05, 3.63) is 28.9 Å². The SMILES string of the molecule is CCc1nc(CNC(C)c2n[nH]c(C)n2)c(C)[nH]1. The second-order valence-corrected chi connectivity index (χ2v) is 4.49. The van der Waals surface area contributed by atoms with E-state index in [0.29, 0.717) is 0 Å². The van der Waals surface area contributed by atoms with Crippen molar-refractivity contribution in [1.29, 1.82) is 0 Å².